The summed E-state index contributed by atoms with van der Waals surface area (Å²) >= 11 is 0. The topological polar surface area (TPSA) is 60.2 Å². The van der Waals surface area contributed by atoms with E-state index < -0.39 is 0 Å². The molecule has 0 atom stereocenters. The molecule has 0 aliphatic rings. The molecule has 102 valence electrons. The molecule has 0 radical (unpaired) electrons. The molecule has 1 heterocycles. The Kier molecular flexibility index (Phi) is 4.58. The molecule has 0 saturated heterocycles. The quantitative estimate of drug-likeness (QED) is 0.783. The Morgan fingerprint density at radius 1 is 1.37 bits per heavy atom. The van der Waals surface area contributed by atoms with E-state index in [0.717, 1.165) is 41.0 Å². The number of ether oxygens (including phenoxy) is 1. The van der Waals surface area contributed by atoms with Crippen molar-refractivity contribution in [2.75, 3.05) is 25.0 Å². The third-order valence-corrected chi connectivity index (χ3v) is 2.93. The molecule has 1 aromatic carbocycles. The normalized spacial score (nSPS) is 10.7. The largest absolute Gasteiger partial charge is 0.492 e. The maximum absolute atomic E-state index is 5.64. The van der Waals surface area contributed by atoms with E-state index in [2.05, 4.69) is 22.4 Å². The van der Waals surface area contributed by atoms with Crippen molar-refractivity contribution in [3.63, 3.8) is 0 Å². The van der Waals surface area contributed by atoms with E-state index in [-0.39, 0.29) is 0 Å². The first-order valence-electron chi connectivity index (χ1n) is 6.73. The van der Waals surface area contributed by atoms with Crippen LogP contribution in [0.2, 0.25) is 0 Å². The lowest BCUT2D eigenvalue weighted by molar-refractivity contribution is 0.343. The molecule has 4 heteroatoms. The zero-order valence-corrected chi connectivity index (χ0v) is 11.6. The zero-order chi connectivity index (χ0) is 13.7. The highest BCUT2D eigenvalue weighted by Gasteiger charge is 2.08. The van der Waals surface area contributed by atoms with Crippen molar-refractivity contribution in [1.82, 2.24) is 4.98 Å². The fourth-order valence-electron chi connectivity index (χ4n) is 2.09. The number of aryl methyl sites for hydroxylation is 1. The van der Waals surface area contributed by atoms with Crippen molar-refractivity contribution in [2.24, 2.45) is 5.73 Å². The van der Waals surface area contributed by atoms with Crippen LogP contribution in [0.25, 0.3) is 10.9 Å². The van der Waals surface area contributed by atoms with Gasteiger partial charge in [0.2, 0.25) is 0 Å². The molecule has 0 aliphatic carbocycles. The standard InChI is InChI=1S/C15H21N3O/c1-3-19-14-7-4-6-12-13(17-9-5-8-16)10-11(2)18-15(12)14/h4,6-7,10H,3,5,8-9,16H2,1-2H3,(H,17,18). The predicted molar refractivity (Wildman–Crippen MR) is 79.8 cm³/mol. The first-order chi connectivity index (χ1) is 9.26. The number of aromatic nitrogens is 1. The molecule has 19 heavy (non-hydrogen) atoms. The molecule has 2 aromatic rings. The average Bonchev–Trinajstić information content (AvgIpc) is 2.40. The third kappa shape index (κ3) is 3.15. The molecule has 0 spiro atoms. The molecule has 1 aromatic heterocycles. The minimum atomic E-state index is 0.644. The smallest absolute Gasteiger partial charge is 0.145 e. The van der Waals surface area contributed by atoms with Gasteiger partial charge in [-0.25, -0.2) is 4.98 Å². The van der Waals surface area contributed by atoms with Crippen molar-refractivity contribution in [1.29, 1.82) is 0 Å². The number of nitrogens with one attached hydrogen (secondary N) is 1. The van der Waals surface area contributed by atoms with Crippen molar-refractivity contribution in [3.8, 4) is 5.75 Å². The molecule has 0 aliphatic heterocycles. The van der Waals surface area contributed by atoms with Crippen molar-refractivity contribution < 1.29 is 4.74 Å². The summed E-state index contributed by atoms with van der Waals surface area (Å²) in [5, 5.41) is 4.51. The minimum absolute atomic E-state index is 0.644. The second-order valence-electron chi connectivity index (χ2n) is 4.47. The van der Waals surface area contributed by atoms with Gasteiger partial charge in [0.05, 0.1) is 6.61 Å². The van der Waals surface area contributed by atoms with Gasteiger partial charge >= 0.3 is 0 Å². The van der Waals surface area contributed by atoms with Crippen LogP contribution in [0, 0.1) is 6.92 Å². The molecule has 0 unspecified atom stereocenters. The van der Waals surface area contributed by atoms with Crippen LogP contribution < -0.4 is 15.8 Å². The molecule has 0 saturated carbocycles. The van der Waals surface area contributed by atoms with Gasteiger partial charge in [-0.1, -0.05) is 12.1 Å². The number of rotatable bonds is 6. The first-order valence-corrected chi connectivity index (χ1v) is 6.73. The monoisotopic (exact) mass is 259 g/mol. The number of nitrogens with two attached hydrogens (primary N) is 1. The van der Waals surface area contributed by atoms with E-state index in [0.29, 0.717) is 13.2 Å². The summed E-state index contributed by atoms with van der Waals surface area (Å²) < 4.78 is 5.64. The van der Waals surface area contributed by atoms with Gasteiger partial charge < -0.3 is 15.8 Å². The Morgan fingerprint density at radius 2 is 2.21 bits per heavy atom. The molecular weight excluding hydrogens is 238 g/mol. The molecular formula is C15H21N3O. The summed E-state index contributed by atoms with van der Waals surface area (Å²) in [5.41, 5.74) is 8.52. The molecule has 3 N–H and O–H groups in total. The van der Waals surface area contributed by atoms with E-state index in [1.54, 1.807) is 0 Å². The van der Waals surface area contributed by atoms with Crippen LogP contribution >= 0.6 is 0 Å². The number of benzene rings is 1. The number of fused-ring (bicyclic) bond motifs is 1. The third-order valence-electron chi connectivity index (χ3n) is 2.93. The Bertz CT molecular complexity index is 554. The van der Waals surface area contributed by atoms with Crippen LogP contribution in [-0.4, -0.2) is 24.7 Å². The molecule has 0 amide bonds. The maximum atomic E-state index is 5.64. The Hall–Kier alpha value is -1.81. The van der Waals surface area contributed by atoms with E-state index in [1.165, 1.54) is 0 Å². The highest BCUT2D eigenvalue weighted by atomic mass is 16.5. The molecule has 0 fully saturated rings. The lowest BCUT2D eigenvalue weighted by Crippen LogP contribution is -2.09. The number of pyridine rings is 1. The fraction of sp³-hybridized carbons (Fsp3) is 0.400. The Morgan fingerprint density at radius 3 is 2.95 bits per heavy atom. The predicted octanol–water partition coefficient (Wildman–Crippen LogP) is 2.70. The summed E-state index contributed by atoms with van der Waals surface area (Å²) in [5.74, 6) is 0.838. The van der Waals surface area contributed by atoms with Gasteiger partial charge in [-0.3, -0.25) is 0 Å². The molecule has 2 rings (SSSR count). The lowest BCUT2D eigenvalue weighted by Gasteiger charge is -2.13. The zero-order valence-electron chi connectivity index (χ0n) is 11.6. The number of anilines is 1. The van der Waals surface area contributed by atoms with E-state index in [4.69, 9.17) is 10.5 Å². The van der Waals surface area contributed by atoms with Crippen molar-refractivity contribution in [3.05, 3.63) is 30.0 Å². The highest BCUT2D eigenvalue weighted by Crippen LogP contribution is 2.30. The van der Waals surface area contributed by atoms with Crippen molar-refractivity contribution in [2.45, 2.75) is 20.3 Å². The van der Waals surface area contributed by atoms with E-state index in [9.17, 15) is 0 Å². The van der Waals surface area contributed by atoms with Gasteiger partial charge in [0.1, 0.15) is 11.3 Å². The summed E-state index contributed by atoms with van der Waals surface area (Å²) in [6.45, 7) is 6.18. The SMILES string of the molecule is CCOc1cccc2c(NCCCN)cc(C)nc12. The maximum Gasteiger partial charge on any atom is 0.145 e. The van der Waals surface area contributed by atoms with Crippen LogP contribution in [0.15, 0.2) is 24.3 Å². The second kappa shape index (κ2) is 6.38. The van der Waals surface area contributed by atoms with Gasteiger partial charge in [-0.05, 0) is 38.9 Å². The number of hydrogen-bond acceptors (Lipinski definition) is 4. The number of nitrogens with zero attached hydrogens (tertiary/aromatic N) is 1. The fourth-order valence-corrected chi connectivity index (χ4v) is 2.09. The Balaban J connectivity index is 2.43. The van der Waals surface area contributed by atoms with Crippen LogP contribution in [0.4, 0.5) is 5.69 Å². The van der Waals surface area contributed by atoms with Gasteiger partial charge in [0.25, 0.3) is 0 Å². The van der Waals surface area contributed by atoms with E-state index in [1.807, 2.05) is 26.0 Å². The molecule has 0 bridgehead atoms. The van der Waals surface area contributed by atoms with Crippen LogP contribution in [0.5, 0.6) is 5.75 Å². The van der Waals surface area contributed by atoms with Crippen LogP contribution in [0.1, 0.15) is 19.0 Å². The highest BCUT2D eigenvalue weighted by molar-refractivity contribution is 5.95. The number of hydrogen-bond donors (Lipinski definition) is 2. The van der Waals surface area contributed by atoms with Gasteiger partial charge in [0.15, 0.2) is 0 Å². The Labute approximate surface area is 114 Å². The molecule has 4 nitrogen and oxygen atoms in total. The van der Waals surface area contributed by atoms with Crippen molar-refractivity contribution >= 4 is 16.6 Å². The summed E-state index contributed by atoms with van der Waals surface area (Å²) in [7, 11) is 0. The summed E-state index contributed by atoms with van der Waals surface area (Å²) in [6.07, 6.45) is 0.952. The number of para-hydroxylation sites is 1. The second-order valence-corrected chi connectivity index (χ2v) is 4.47. The van der Waals surface area contributed by atoms with Crippen LogP contribution in [-0.2, 0) is 0 Å². The van der Waals surface area contributed by atoms with Gasteiger partial charge in [-0.15, -0.1) is 0 Å². The first kappa shape index (κ1) is 13.6. The lowest BCUT2D eigenvalue weighted by atomic mass is 10.1. The summed E-state index contributed by atoms with van der Waals surface area (Å²) in [4.78, 5) is 4.59. The average molecular weight is 259 g/mol. The van der Waals surface area contributed by atoms with Crippen LogP contribution in [0.3, 0.4) is 0 Å². The van der Waals surface area contributed by atoms with E-state index >= 15 is 0 Å². The van der Waals surface area contributed by atoms with Gasteiger partial charge in [-0.2, -0.15) is 0 Å². The summed E-state index contributed by atoms with van der Waals surface area (Å²) in [6, 6.07) is 8.09. The minimum Gasteiger partial charge on any atom is -0.492 e. The van der Waals surface area contributed by atoms with Gasteiger partial charge in [0, 0.05) is 23.3 Å².